The molecule has 8 nitrogen and oxygen atoms in total. The van der Waals surface area contributed by atoms with Gasteiger partial charge in [-0.25, -0.2) is 4.99 Å². The standard InChI is InChI=1S/C24H32N6O2.HI/c1-19-27-28-23(30(19)3)18-26-24(25-15-14-20-10-12-21(31-4)13-11-20)29(2)16-17-32-22-8-6-5-7-9-22;/h5-13H,14-18H2,1-4H3,(H,25,26);1H. The lowest BCUT2D eigenvalue weighted by atomic mass is 10.1. The predicted octanol–water partition coefficient (Wildman–Crippen LogP) is 3.45. The molecule has 0 aliphatic rings. The van der Waals surface area contributed by atoms with Crippen molar-refractivity contribution in [3.63, 3.8) is 0 Å². The summed E-state index contributed by atoms with van der Waals surface area (Å²) in [6.07, 6.45) is 0.875. The summed E-state index contributed by atoms with van der Waals surface area (Å²) in [7, 11) is 5.64. The van der Waals surface area contributed by atoms with E-state index in [0.717, 1.165) is 42.1 Å². The van der Waals surface area contributed by atoms with E-state index in [1.165, 1.54) is 5.56 Å². The number of hydrogen-bond acceptors (Lipinski definition) is 5. The molecule has 0 amide bonds. The van der Waals surface area contributed by atoms with Gasteiger partial charge in [0.1, 0.15) is 30.5 Å². The number of likely N-dealkylation sites (N-methyl/N-ethyl adjacent to an activating group) is 1. The van der Waals surface area contributed by atoms with E-state index >= 15 is 0 Å². The highest BCUT2D eigenvalue weighted by molar-refractivity contribution is 14.0. The van der Waals surface area contributed by atoms with Crippen LogP contribution < -0.4 is 14.8 Å². The molecule has 2 aromatic carbocycles. The van der Waals surface area contributed by atoms with E-state index in [-0.39, 0.29) is 24.0 Å². The van der Waals surface area contributed by atoms with Crippen LogP contribution >= 0.6 is 24.0 Å². The first-order chi connectivity index (χ1) is 15.6. The molecule has 3 aromatic rings. The number of aryl methyl sites for hydroxylation is 1. The molecule has 178 valence electrons. The van der Waals surface area contributed by atoms with E-state index in [4.69, 9.17) is 14.5 Å². The fourth-order valence-corrected chi connectivity index (χ4v) is 3.08. The first kappa shape index (κ1) is 26.4. The van der Waals surface area contributed by atoms with E-state index in [2.05, 4.69) is 32.5 Å². The van der Waals surface area contributed by atoms with Gasteiger partial charge in [-0.15, -0.1) is 34.2 Å². The minimum atomic E-state index is 0. The molecule has 0 bridgehead atoms. The summed E-state index contributed by atoms with van der Waals surface area (Å²) in [5.41, 5.74) is 1.23. The maximum atomic E-state index is 5.84. The summed E-state index contributed by atoms with van der Waals surface area (Å²) in [6.45, 7) is 4.39. The van der Waals surface area contributed by atoms with Gasteiger partial charge in [0.25, 0.3) is 0 Å². The summed E-state index contributed by atoms with van der Waals surface area (Å²) in [5.74, 6) is 4.22. The van der Waals surface area contributed by atoms with Crippen LogP contribution in [0.1, 0.15) is 17.2 Å². The van der Waals surface area contributed by atoms with E-state index in [0.29, 0.717) is 19.7 Å². The molecular formula is C24H33IN6O2. The molecule has 1 N–H and O–H groups in total. The van der Waals surface area contributed by atoms with E-state index in [9.17, 15) is 0 Å². The van der Waals surface area contributed by atoms with Crippen molar-refractivity contribution in [1.82, 2.24) is 25.0 Å². The normalized spacial score (nSPS) is 11.0. The molecule has 3 rings (SSSR count). The number of halogens is 1. The fraction of sp³-hybridized carbons (Fsp3) is 0.375. The topological polar surface area (TPSA) is 76.8 Å². The van der Waals surface area contributed by atoms with Gasteiger partial charge >= 0.3 is 0 Å². The molecule has 0 saturated carbocycles. The van der Waals surface area contributed by atoms with Crippen LogP contribution in [0.25, 0.3) is 0 Å². The Balaban J connectivity index is 0.00000385. The third kappa shape index (κ3) is 8.23. The average Bonchev–Trinajstić information content (AvgIpc) is 3.14. The summed E-state index contributed by atoms with van der Waals surface area (Å²) < 4.78 is 13.0. The number of rotatable bonds is 10. The monoisotopic (exact) mass is 564 g/mol. The van der Waals surface area contributed by atoms with Gasteiger partial charge in [-0.1, -0.05) is 30.3 Å². The maximum absolute atomic E-state index is 5.84. The van der Waals surface area contributed by atoms with Crippen LogP contribution in [0.4, 0.5) is 0 Å². The van der Waals surface area contributed by atoms with Crippen molar-refractivity contribution in [3.8, 4) is 11.5 Å². The van der Waals surface area contributed by atoms with E-state index < -0.39 is 0 Å². The van der Waals surface area contributed by atoms with Gasteiger partial charge in [0.2, 0.25) is 0 Å². The van der Waals surface area contributed by atoms with Crippen molar-refractivity contribution in [2.24, 2.45) is 12.0 Å². The number of para-hydroxylation sites is 1. The van der Waals surface area contributed by atoms with Crippen molar-refractivity contribution in [1.29, 1.82) is 0 Å². The molecule has 33 heavy (non-hydrogen) atoms. The van der Waals surface area contributed by atoms with Crippen molar-refractivity contribution in [2.75, 3.05) is 33.9 Å². The Kier molecular flexibility index (Phi) is 10.9. The van der Waals surface area contributed by atoms with Gasteiger partial charge in [0.05, 0.1) is 13.7 Å². The molecule has 0 saturated heterocycles. The third-order valence-electron chi connectivity index (χ3n) is 5.21. The van der Waals surface area contributed by atoms with E-state index in [1.807, 2.05) is 68.1 Å². The molecule has 9 heteroatoms. The Morgan fingerprint density at radius 1 is 1.06 bits per heavy atom. The second-order valence-electron chi connectivity index (χ2n) is 7.47. The van der Waals surface area contributed by atoms with Gasteiger partial charge in [0.15, 0.2) is 11.8 Å². The predicted molar refractivity (Wildman–Crippen MR) is 142 cm³/mol. The lowest BCUT2D eigenvalue weighted by Gasteiger charge is -2.22. The largest absolute Gasteiger partial charge is 0.497 e. The lowest BCUT2D eigenvalue weighted by Crippen LogP contribution is -2.41. The molecular weight excluding hydrogens is 531 g/mol. The number of nitrogens with one attached hydrogen (secondary N) is 1. The van der Waals surface area contributed by atoms with Crippen LogP contribution in [0.5, 0.6) is 11.5 Å². The SMILES string of the molecule is COc1ccc(CCNC(=NCc2nnc(C)n2C)N(C)CCOc2ccccc2)cc1.I. The van der Waals surface area contributed by atoms with Gasteiger partial charge in [-0.2, -0.15) is 0 Å². The Morgan fingerprint density at radius 2 is 1.79 bits per heavy atom. The minimum Gasteiger partial charge on any atom is -0.497 e. The van der Waals surface area contributed by atoms with Crippen LogP contribution in [0.15, 0.2) is 59.6 Å². The minimum absolute atomic E-state index is 0. The van der Waals surface area contributed by atoms with Crippen LogP contribution in [0.2, 0.25) is 0 Å². The highest BCUT2D eigenvalue weighted by atomic mass is 127. The molecule has 0 radical (unpaired) electrons. The van der Waals surface area contributed by atoms with Gasteiger partial charge in [0, 0.05) is 20.6 Å². The zero-order chi connectivity index (χ0) is 22.8. The number of aliphatic imine (C=N–C) groups is 1. The summed E-state index contributed by atoms with van der Waals surface area (Å²) in [4.78, 5) is 6.85. The summed E-state index contributed by atoms with van der Waals surface area (Å²) >= 11 is 0. The number of benzene rings is 2. The summed E-state index contributed by atoms with van der Waals surface area (Å²) in [6, 6.07) is 17.9. The van der Waals surface area contributed by atoms with Crippen LogP contribution in [0, 0.1) is 6.92 Å². The molecule has 0 aliphatic heterocycles. The number of aromatic nitrogens is 3. The Labute approximate surface area is 213 Å². The molecule has 0 spiro atoms. The zero-order valence-corrected chi connectivity index (χ0v) is 22.0. The van der Waals surface area contributed by atoms with Crippen LogP contribution in [-0.4, -0.2) is 59.5 Å². The van der Waals surface area contributed by atoms with Gasteiger partial charge in [-0.3, -0.25) is 0 Å². The molecule has 0 fully saturated rings. The molecule has 0 atom stereocenters. The van der Waals surface area contributed by atoms with Crippen molar-refractivity contribution in [2.45, 2.75) is 19.9 Å². The van der Waals surface area contributed by atoms with Crippen LogP contribution in [0.3, 0.4) is 0 Å². The Hall–Kier alpha value is -2.82. The summed E-state index contributed by atoms with van der Waals surface area (Å²) in [5, 5.41) is 11.8. The number of ether oxygens (including phenoxy) is 2. The van der Waals surface area contributed by atoms with E-state index in [1.54, 1.807) is 7.11 Å². The number of hydrogen-bond donors (Lipinski definition) is 1. The fourth-order valence-electron chi connectivity index (χ4n) is 3.08. The zero-order valence-electron chi connectivity index (χ0n) is 19.7. The Morgan fingerprint density at radius 3 is 2.42 bits per heavy atom. The lowest BCUT2D eigenvalue weighted by molar-refractivity contribution is 0.281. The first-order valence-corrected chi connectivity index (χ1v) is 10.7. The molecule has 1 heterocycles. The second kappa shape index (κ2) is 13.7. The van der Waals surface area contributed by atoms with Crippen molar-refractivity contribution < 1.29 is 9.47 Å². The molecule has 0 aliphatic carbocycles. The van der Waals surface area contributed by atoms with Gasteiger partial charge < -0.3 is 24.3 Å². The van der Waals surface area contributed by atoms with Crippen LogP contribution in [-0.2, 0) is 20.0 Å². The number of nitrogens with zero attached hydrogens (tertiary/aromatic N) is 5. The highest BCUT2D eigenvalue weighted by Gasteiger charge is 2.09. The molecule has 1 aromatic heterocycles. The molecule has 0 unspecified atom stereocenters. The number of methoxy groups -OCH3 is 1. The van der Waals surface area contributed by atoms with Gasteiger partial charge in [-0.05, 0) is 43.2 Å². The third-order valence-corrected chi connectivity index (χ3v) is 5.21. The van der Waals surface area contributed by atoms with Crippen molar-refractivity contribution >= 4 is 29.9 Å². The average molecular weight is 564 g/mol. The smallest absolute Gasteiger partial charge is 0.194 e. The quantitative estimate of drug-likeness (QED) is 0.231. The highest BCUT2D eigenvalue weighted by Crippen LogP contribution is 2.11. The second-order valence-corrected chi connectivity index (χ2v) is 7.47. The first-order valence-electron chi connectivity index (χ1n) is 10.7. The van der Waals surface area contributed by atoms with Crippen molar-refractivity contribution in [3.05, 3.63) is 71.8 Å². The maximum Gasteiger partial charge on any atom is 0.194 e. The Bertz CT molecular complexity index is 992. The number of guanidine groups is 1.